The molecule has 1 aliphatic rings. The molecule has 0 atom stereocenters. The second-order valence-electron chi connectivity index (χ2n) is 5.32. The van der Waals surface area contributed by atoms with Crippen molar-refractivity contribution in [3.05, 3.63) is 27.7 Å². The molecule has 0 aliphatic heterocycles. The topological polar surface area (TPSA) is 37.4 Å². The number of hydrogen-bond donors (Lipinski definition) is 0. The minimum absolute atomic E-state index is 0.0569. The molecule has 0 heterocycles. The van der Waals surface area contributed by atoms with Gasteiger partial charge in [0.1, 0.15) is 4.90 Å². The van der Waals surface area contributed by atoms with E-state index in [1.807, 2.05) is 6.92 Å². The highest BCUT2D eigenvalue weighted by molar-refractivity contribution is 7.89. The molecule has 1 saturated carbocycles. The molecule has 1 aromatic rings. The van der Waals surface area contributed by atoms with E-state index in [-0.39, 0.29) is 15.8 Å². The van der Waals surface area contributed by atoms with Gasteiger partial charge in [0.05, 0.1) is 5.02 Å². The predicted octanol–water partition coefficient (Wildman–Crippen LogP) is 4.54. The van der Waals surface area contributed by atoms with Crippen LogP contribution in [-0.2, 0) is 15.9 Å². The second kappa shape index (κ2) is 7.05. The van der Waals surface area contributed by atoms with Gasteiger partial charge in [0, 0.05) is 24.0 Å². The van der Waals surface area contributed by atoms with Crippen molar-refractivity contribution in [3.8, 4) is 0 Å². The summed E-state index contributed by atoms with van der Waals surface area (Å²) in [5.74, 6) is 0.593. The first-order valence-corrected chi connectivity index (χ1v) is 9.67. The molecule has 0 spiro atoms. The van der Waals surface area contributed by atoms with Crippen molar-refractivity contribution in [3.63, 3.8) is 0 Å². The molecule has 0 radical (unpaired) electrons. The zero-order valence-electron chi connectivity index (χ0n) is 11.8. The summed E-state index contributed by atoms with van der Waals surface area (Å²) < 4.78 is 27.2. The monoisotopic (exact) mass is 369 g/mol. The van der Waals surface area contributed by atoms with Crippen molar-refractivity contribution in [1.29, 1.82) is 0 Å². The van der Waals surface area contributed by atoms with Crippen LogP contribution >= 0.6 is 34.8 Å². The molecule has 1 aliphatic carbocycles. The summed E-state index contributed by atoms with van der Waals surface area (Å²) in [6, 6.07) is 3.01. The van der Waals surface area contributed by atoms with Gasteiger partial charge in [-0.15, -0.1) is 11.6 Å². The first-order chi connectivity index (χ1) is 9.90. The Morgan fingerprint density at radius 2 is 1.95 bits per heavy atom. The molecule has 1 aromatic carbocycles. The van der Waals surface area contributed by atoms with Crippen molar-refractivity contribution < 1.29 is 8.42 Å². The van der Waals surface area contributed by atoms with Crippen molar-refractivity contribution in [2.45, 2.75) is 37.0 Å². The third kappa shape index (κ3) is 4.05. The number of nitrogens with zero attached hydrogens (tertiary/aromatic N) is 1. The van der Waals surface area contributed by atoms with Crippen LogP contribution in [-0.4, -0.2) is 25.8 Å². The molecule has 0 bridgehead atoms. The molecule has 2 rings (SSSR count). The minimum Gasteiger partial charge on any atom is -0.207 e. The van der Waals surface area contributed by atoms with Crippen LogP contribution < -0.4 is 0 Å². The lowest BCUT2D eigenvalue weighted by molar-refractivity contribution is 0.395. The molecule has 0 amide bonds. The molecule has 0 saturated heterocycles. The van der Waals surface area contributed by atoms with Crippen molar-refractivity contribution >= 4 is 44.8 Å². The summed E-state index contributed by atoms with van der Waals surface area (Å²) in [6.45, 7) is 2.99. The van der Waals surface area contributed by atoms with E-state index < -0.39 is 10.0 Å². The van der Waals surface area contributed by atoms with Gasteiger partial charge < -0.3 is 0 Å². The Labute approximate surface area is 141 Å². The predicted molar refractivity (Wildman–Crippen MR) is 87.8 cm³/mol. The van der Waals surface area contributed by atoms with Gasteiger partial charge in [0.15, 0.2) is 0 Å². The molecule has 0 unspecified atom stereocenters. The van der Waals surface area contributed by atoms with E-state index in [9.17, 15) is 8.42 Å². The number of sulfonamides is 1. The largest absolute Gasteiger partial charge is 0.244 e. The molecule has 1 fully saturated rings. The van der Waals surface area contributed by atoms with Crippen molar-refractivity contribution in [1.82, 2.24) is 4.31 Å². The van der Waals surface area contributed by atoms with Crippen LogP contribution in [0, 0.1) is 5.92 Å². The minimum atomic E-state index is -3.65. The van der Waals surface area contributed by atoms with E-state index >= 15 is 0 Å². The first-order valence-electron chi connectivity index (χ1n) is 6.94. The van der Waals surface area contributed by atoms with Crippen molar-refractivity contribution in [2.24, 2.45) is 5.92 Å². The summed E-state index contributed by atoms with van der Waals surface area (Å²) in [5.41, 5.74) is 0.535. The summed E-state index contributed by atoms with van der Waals surface area (Å²) in [6.07, 6.45) is 2.93. The smallest absolute Gasteiger partial charge is 0.207 e. The zero-order chi connectivity index (χ0) is 15.6. The third-order valence-corrected chi connectivity index (χ3v) is 6.43. The van der Waals surface area contributed by atoms with Gasteiger partial charge >= 0.3 is 0 Å². The number of alkyl halides is 1. The van der Waals surface area contributed by atoms with Gasteiger partial charge in [-0.05, 0) is 42.9 Å². The Morgan fingerprint density at radius 1 is 1.29 bits per heavy atom. The molecular weight excluding hydrogens is 353 g/mol. The second-order valence-corrected chi connectivity index (χ2v) is 8.31. The van der Waals surface area contributed by atoms with Crippen LogP contribution in [0.5, 0.6) is 0 Å². The standard InChI is InChI=1S/C14H18Cl3NO2S/c1-2-5-18(9-10-3-4-10)21(19,20)13-7-12(16)6-11(8-15)14(13)17/h6-7,10H,2-5,8-9H2,1H3. The average Bonchev–Trinajstić information content (AvgIpc) is 3.24. The maximum absolute atomic E-state index is 12.9. The van der Waals surface area contributed by atoms with Gasteiger partial charge in [-0.3, -0.25) is 0 Å². The van der Waals surface area contributed by atoms with Crippen LogP contribution in [0.3, 0.4) is 0 Å². The Kier molecular flexibility index (Phi) is 5.83. The molecule has 0 aromatic heterocycles. The zero-order valence-corrected chi connectivity index (χ0v) is 14.9. The first kappa shape index (κ1) is 17.4. The Bertz CT molecular complexity index is 615. The normalized spacial score (nSPS) is 15.7. The maximum Gasteiger partial charge on any atom is 0.244 e. The van der Waals surface area contributed by atoms with E-state index in [1.165, 1.54) is 10.4 Å². The van der Waals surface area contributed by atoms with Gasteiger partial charge in [-0.25, -0.2) is 8.42 Å². The lowest BCUT2D eigenvalue weighted by atomic mass is 10.2. The van der Waals surface area contributed by atoms with Gasteiger partial charge in [-0.2, -0.15) is 4.31 Å². The SMILES string of the molecule is CCCN(CC1CC1)S(=O)(=O)c1cc(Cl)cc(CCl)c1Cl. The lowest BCUT2D eigenvalue weighted by Gasteiger charge is -2.22. The van der Waals surface area contributed by atoms with E-state index in [0.29, 0.717) is 29.6 Å². The summed E-state index contributed by atoms with van der Waals surface area (Å²) >= 11 is 18.0. The molecule has 0 N–H and O–H groups in total. The summed E-state index contributed by atoms with van der Waals surface area (Å²) in [5, 5.41) is 0.503. The fourth-order valence-corrected chi connectivity index (χ4v) is 4.98. The molecule has 3 nitrogen and oxygen atoms in total. The molecular formula is C14H18Cl3NO2S. The fraction of sp³-hybridized carbons (Fsp3) is 0.571. The van der Waals surface area contributed by atoms with Crippen molar-refractivity contribution in [2.75, 3.05) is 13.1 Å². The quantitative estimate of drug-likeness (QED) is 0.661. The highest BCUT2D eigenvalue weighted by Gasteiger charge is 2.33. The Balaban J connectivity index is 2.43. The van der Waals surface area contributed by atoms with Gasteiger partial charge in [0.2, 0.25) is 10.0 Å². The molecule has 118 valence electrons. The van der Waals surface area contributed by atoms with Gasteiger partial charge in [0.25, 0.3) is 0 Å². The highest BCUT2D eigenvalue weighted by Crippen LogP contribution is 2.35. The van der Waals surface area contributed by atoms with Gasteiger partial charge in [-0.1, -0.05) is 30.1 Å². The lowest BCUT2D eigenvalue weighted by Crippen LogP contribution is -2.34. The average molecular weight is 371 g/mol. The van der Waals surface area contributed by atoms with E-state index in [1.54, 1.807) is 6.07 Å². The van der Waals surface area contributed by atoms with E-state index in [0.717, 1.165) is 19.3 Å². The number of benzene rings is 1. The third-order valence-electron chi connectivity index (χ3n) is 3.47. The number of rotatable bonds is 7. The van der Waals surface area contributed by atoms with Crippen LogP contribution in [0.25, 0.3) is 0 Å². The Hall–Kier alpha value is -0.000000000000000111. The van der Waals surface area contributed by atoms with E-state index in [2.05, 4.69) is 0 Å². The van der Waals surface area contributed by atoms with E-state index in [4.69, 9.17) is 34.8 Å². The van der Waals surface area contributed by atoms with Crippen LogP contribution in [0.15, 0.2) is 17.0 Å². The Morgan fingerprint density at radius 3 is 2.48 bits per heavy atom. The fourth-order valence-electron chi connectivity index (χ4n) is 2.19. The summed E-state index contributed by atoms with van der Waals surface area (Å²) in [4.78, 5) is 0.0569. The number of halogens is 3. The van der Waals surface area contributed by atoms with Crippen LogP contribution in [0.1, 0.15) is 31.7 Å². The highest BCUT2D eigenvalue weighted by atomic mass is 35.5. The molecule has 21 heavy (non-hydrogen) atoms. The maximum atomic E-state index is 12.9. The summed E-state index contributed by atoms with van der Waals surface area (Å²) in [7, 11) is -3.65. The number of hydrogen-bond acceptors (Lipinski definition) is 2. The van der Waals surface area contributed by atoms with Crippen LogP contribution in [0.4, 0.5) is 0 Å². The molecule has 7 heteroatoms. The van der Waals surface area contributed by atoms with Crippen LogP contribution in [0.2, 0.25) is 10.0 Å².